The predicted molar refractivity (Wildman–Crippen MR) is 121 cm³/mol. The summed E-state index contributed by atoms with van der Waals surface area (Å²) >= 11 is 3.05. The maximum absolute atomic E-state index is 15.0. The van der Waals surface area contributed by atoms with Crippen molar-refractivity contribution in [2.24, 2.45) is 0 Å². The maximum Gasteiger partial charge on any atom is 0.338 e. The summed E-state index contributed by atoms with van der Waals surface area (Å²) in [7, 11) is -1.82. The van der Waals surface area contributed by atoms with Crippen LogP contribution in [0.5, 0.6) is 17.2 Å². The fourth-order valence-corrected chi connectivity index (χ4v) is 5.22. The van der Waals surface area contributed by atoms with E-state index >= 15 is 0 Å². The lowest BCUT2D eigenvalue weighted by Crippen LogP contribution is -2.15. The first-order valence-corrected chi connectivity index (χ1v) is 11.7. The van der Waals surface area contributed by atoms with Gasteiger partial charge in [-0.3, -0.25) is 4.72 Å². The molecule has 0 aliphatic carbocycles. The number of phenolic OH excluding ortho intramolecular Hbond substituents is 1. The number of esters is 1. The molecule has 11 heteroatoms. The van der Waals surface area contributed by atoms with Crippen molar-refractivity contribution in [1.82, 2.24) is 0 Å². The van der Waals surface area contributed by atoms with Gasteiger partial charge in [0.15, 0.2) is 11.6 Å². The molecule has 0 aromatic heterocycles. The Morgan fingerprint density at radius 1 is 1.09 bits per heavy atom. The number of hydrogen-bond acceptors (Lipinski definition) is 7. The Labute approximate surface area is 197 Å². The Bertz CT molecular complexity index is 1390. The van der Waals surface area contributed by atoms with E-state index in [0.29, 0.717) is 16.9 Å². The average molecular weight is 538 g/mol. The summed E-state index contributed by atoms with van der Waals surface area (Å²) in [4.78, 5) is 12.1. The van der Waals surface area contributed by atoms with Crippen LogP contribution >= 0.6 is 15.9 Å². The zero-order chi connectivity index (χ0) is 23.9. The molecule has 1 heterocycles. The molecular formula is C22H17BrFNO7S. The topological polar surface area (TPSA) is 111 Å². The Hall–Kier alpha value is -3.31. The van der Waals surface area contributed by atoms with Crippen LogP contribution in [0.2, 0.25) is 0 Å². The highest BCUT2D eigenvalue weighted by molar-refractivity contribution is 9.10. The normalized spacial score (nSPS) is 14.5. The van der Waals surface area contributed by atoms with Crippen molar-refractivity contribution in [2.45, 2.75) is 11.5 Å². The Balaban J connectivity index is 2.03. The molecule has 0 radical (unpaired) electrons. The van der Waals surface area contributed by atoms with Crippen LogP contribution in [0.3, 0.4) is 0 Å². The van der Waals surface area contributed by atoms with E-state index in [-0.39, 0.29) is 33.6 Å². The number of phenols is 1. The third-order valence-electron chi connectivity index (χ3n) is 5.03. The number of aromatic hydroxyl groups is 1. The number of ether oxygens (including phenoxy) is 3. The highest BCUT2D eigenvalue weighted by Crippen LogP contribution is 2.40. The molecule has 0 spiro atoms. The summed E-state index contributed by atoms with van der Waals surface area (Å²) < 4.78 is 59.2. The number of cyclic esters (lactones) is 1. The van der Waals surface area contributed by atoms with Gasteiger partial charge in [0.25, 0.3) is 10.0 Å². The van der Waals surface area contributed by atoms with Gasteiger partial charge >= 0.3 is 5.97 Å². The van der Waals surface area contributed by atoms with Crippen LogP contribution in [-0.2, 0) is 21.4 Å². The van der Waals surface area contributed by atoms with Gasteiger partial charge < -0.3 is 19.3 Å². The number of carbonyl (C=O) groups is 1. The molecule has 0 saturated heterocycles. The number of anilines is 1. The third-order valence-corrected chi connectivity index (χ3v) is 7.02. The maximum atomic E-state index is 15.0. The lowest BCUT2D eigenvalue weighted by molar-refractivity contribution is 0.0473. The first-order chi connectivity index (χ1) is 15.6. The lowest BCUT2D eigenvalue weighted by Gasteiger charge is -2.16. The van der Waals surface area contributed by atoms with Crippen LogP contribution in [0.15, 0.2) is 51.8 Å². The number of rotatable bonds is 2. The SMILES string of the molecule is COc1ccc2c(c1)-c1cc(F)c(OC)c(c1)NS(=O)(=O)c1cc(cc(Br)c1O)C(=O)OC2. The standard InChI is InChI=1S/C22H17BrFNO7S/c1-30-14-4-3-11-10-32-22(27)13-5-16(23)20(26)19(8-13)33(28,29)25-18-7-12(15(11)9-14)6-17(24)21(18)31-2/h3-9,25-26H,10H2,1-2H3. The Kier molecular flexibility index (Phi) is 5.93. The number of sulfonamides is 1. The molecule has 2 N–H and O–H groups in total. The summed E-state index contributed by atoms with van der Waals surface area (Å²) in [6.45, 7) is -0.185. The van der Waals surface area contributed by atoms with Crippen molar-refractivity contribution in [1.29, 1.82) is 0 Å². The van der Waals surface area contributed by atoms with Crippen LogP contribution in [0.25, 0.3) is 11.1 Å². The van der Waals surface area contributed by atoms with Crippen molar-refractivity contribution >= 4 is 37.6 Å². The van der Waals surface area contributed by atoms with E-state index in [2.05, 4.69) is 20.7 Å². The molecule has 1 aliphatic rings. The molecule has 0 atom stereocenters. The molecule has 4 rings (SSSR count). The van der Waals surface area contributed by atoms with Gasteiger partial charge in [0.05, 0.1) is 29.9 Å². The fraction of sp³-hybridized carbons (Fsp3) is 0.136. The molecule has 3 aromatic carbocycles. The third kappa shape index (κ3) is 4.21. The van der Waals surface area contributed by atoms with E-state index in [1.807, 2.05) is 0 Å². The summed E-state index contributed by atoms with van der Waals surface area (Å²) in [6.07, 6.45) is 0. The van der Waals surface area contributed by atoms with Crippen molar-refractivity contribution in [3.8, 4) is 28.4 Å². The molecule has 0 unspecified atom stereocenters. The van der Waals surface area contributed by atoms with Crippen molar-refractivity contribution in [3.05, 3.63) is 63.9 Å². The predicted octanol–water partition coefficient (Wildman–Crippen LogP) is 4.45. The lowest BCUT2D eigenvalue weighted by atomic mass is 9.98. The Morgan fingerprint density at radius 3 is 2.55 bits per heavy atom. The van der Waals surface area contributed by atoms with Crippen LogP contribution in [0.4, 0.5) is 10.1 Å². The number of fused-ring (bicyclic) bond motifs is 6. The molecule has 4 bridgehead atoms. The van der Waals surface area contributed by atoms with Crippen molar-refractivity contribution in [3.63, 3.8) is 0 Å². The molecule has 3 aromatic rings. The fourth-order valence-electron chi connectivity index (χ4n) is 3.43. The number of carbonyl (C=O) groups excluding carboxylic acids is 1. The van der Waals surface area contributed by atoms with Gasteiger partial charge in [-0.2, -0.15) is 0 Å². The largest absolute Gasteiger partial charge is 0.505 e. The van der Waals surface area contributed by atoms with Gasteiger partial charge in [0.1, 0.15) is 23.0 Å². The second-order valence-electron chi connectivity index (χ2n) is 7.05. The van der Waals surface area contributed by atoms with Gasteiger partial charge in [0, 0.05) is 0 Å². The van der Waals surface area contributed by atoms with Gasteiger partial charge in [-0.15, -0.1) is 0 Å². The van der Waals surface area contributed by atoms with Gasteiger partial charge in [0.2, 0.25) is 0 Å². The van der Waals surface area contributed by atoms with Gasteiger partial charge in [-0.05, 0) is 69.0 Å². The number of methoxy groups -OCH3 is 2. The molecule has 0 saturated carbocycles. The molecule has 1 aliphatic heterocycles. The molecular weight excluding hydrogens is 521 g/mol. The highest BCUT2D eigenvalue weighted by Gasteiger charge is 2.27. The van der Waals surface area contributed by atoms with E-state index in [4.69, 9.17) is 14.2 Å². The molecule has 0 amide bonds. The van der Waals surface area contributed by atoms with E-state index in [1.54, 1.807) is 18.2 Å². The zero-order valence-electron chi connectivity index (χ0n) is 17.3. The molecule has 172 valence electrons. The number of hydrogen-bond donors (Lipinski definition) is 2. The van der Waals surface area contributed by atoms with Gasteiger partial charge in [-0.25, -0.2) is 17.6 Å². The smallest absolute Gasteiger partial charge is 0.338 e. The van der Waals surface area contributed by atoms with E-state index in [1.165, 1.54) is 32.4 Å². The number of halogens is 2. The summed E-state index contributed by atoms with van der Waals surface area (Å²) in [6, 6.07) is 9.70. The first-order valence-electron chi connectivity index (χ1n) is 9.42. The Morgan fingerprint density at radius 2 is 1.85 bits per heavy atom. The second kappa shape index (κ2) is 8.56. The summed E-state index contributed by atoms with van der Waals surface area (Å²) in [5.41, 5.74) is 0.958. The van der Waals surface area contributed by atoms with Crippen LogP contribution in [-0.4, -0.2) is 33.7 Å². The highest BCUT2D eigenvalue weighted by atomic mass is 79.9. The van der Waals surface area contributed by atoms with Crippen LogP contribution in [0, 0.1) is 5.82 Å². The van der Waals surface area contributed by atoms with E-state index in [9.17, 15) is 22.7 Å². The van der Waals surface area contributed by atoms with Crippen molar-refractivity contribution in [2.75, 3.05) is 18.9 Å². The minimum atomic E-state index is -4.48. The monoisotopic (exact) mass is 537 g/mol. The molecule has 33 heavy (non-hydrogen) atoms. The number of nitrogens with one attached hydrogen (secondary N) is 1. The van der Waals surface area contributed by atoms with E-state index < -0.39 is 32.5 Å². The number of benzene rings is 3. The second-order valence-corrected chi connectivity index (χ2v) is 9.55. The average Bonchev–Trinajstić information content (AvgIpc) is 2.78. The van der Waals surface area contributed by atoms with E-state index in [0.717, 1.165) is 6.07 Å². The van der Waals surface area contributed by atoms with Crippen LogP contribution in [0.1, 0.15) is 15.9 Å². The minimum Gasteiger partial charge on any atom is -0.505 e. The first kappa shape index (κ1) is 22.9. The summed E-state index contributed by atoms with van der Waals surface area (Å²) in [5.74, 6) is -2.15. The quantitative estimate of drug-likeness (QED) is 0.464. The molecule has 8 nitrogen and oxygen atoms in total. The zero-order valence-corrected chi connectivity index (χ0v) is 19.7. The minimum absolute atomic E-state index is 0.0378. The van der Waals surface area contributed by atoms with Crippen LogP contribution < -0.4 is 14.2 Å². The van der Waals surface area contributed by atoms with Crippen molar-refractivity contribution < 1.29 is 36.9 Å². The summed E-state index contributed by atoms with van der Waals surface area (Å²) in [5, 5.41) is 10.4. The molecule has 0 fully saturated rings. The van der Waals surface area contributed by atoms with Gasteiger partial charge in [-0.1, -0.05) is 6.07 Å².